The number of fused-ring (bicyclic) bond motifs is 1. The average molecular weight is 251 g/mol. The molecule has 1 saturated carbocycles. The molecule has 1 aromatic carbocycles. The van der Waals surface area contributed by atoms with Crippen LogP contribution in [0.4, 0.5) is 0 Å². The number of nitrogens with one attached hydrogen (secondary N) is 1. The first-order valence-electron chi connectivity index (χ1n) is 6.16. The van der Waals surface area contributed by atoms with Crippen molar-refractivity contribution in [1.29, 1.82) is 0 Å². The van der Waals surface area contributed by atoms with Gasteiger partial charge in [0.2, 0.25) is 6.79 Å². The number of phenols is 1. The molecule has 2 aliphatic rings. The lowest BCUT2D eigenvalue weighted by molar-refractivity contribution is 0.174. The van der Waals surface area contributed by atoms with E-state index in [1.807, 2.05) is 0 Å². The lowest BCUT2D eigenvalue weighted by atomic mass is 10.1. The molecule has 0 saturated heterocycles. The maximum atomic E-state index is 9.85. The van der Waals surface area contributed by atoms with Crippen LogP contribution in [0.1, 0.15) is 18.4 Å². The van der Waals surface area contributed by atoms with E-state index >= 15 is 0 Å². The van der Waals surface area contributed by atoms with Gasteiger partial charge in [-0.3, -0.25) is 0 Å². The van der Waals surface area contributed by atoms with Crippen molar-refractivity contribution in [2.24, 2.45) is 5.41 Å². The highest BCUT2D eigenvalue weighted by Crippen LogP contribution is 2.44. The van der Waals surface area contributed by atoms with E-state index in [1.54, 1.807) is 12.1 Å². The Morgan fingerprint density at radius 3 is 2.61 bits per heavy atom. The molecule has 0 unspecified atom stereocenters. The summed E-state index contributed by atoms with van der Waals surface area (Å²) in [5, 5.41) is 22.3. The number of aliphatic hydroxyl groups excluding tert-OH is 1. The molecule has 1 aromatic rings. The SMILES string of the molecule is OCC1(CNCc2cc3c(cc2O)OCO3)CC1. The molecule has 18 heavy (non-hydrogen) atoms. The van der Waals surface area contributed by atoms with Crippen molar-refractivity contribution in [3.63, 3.8) is 0 Å². The summed E-state index contributed by atoms with van der Waals surface area (Å²) in [6.45, 7) is 1.77. The molecule has 3 N–H and O–H groups in total. The van der Waals surface area contributed by atoms with Crippen LogP contribution in [0, 0.1) is 5.41 Å². The highest BCUT2D eigenvalue weighted by molar-refractivity contribution is 5.51. The van der Waals surface area contributed by atoms with E-state index in [0.29, 0.717) is 18.0 Å². The molecule has 0 bridgehead atoms. The van der Waals surface area contributed by atoms with Crippen LogP contribution in [0.3, 0.4) is 0 Å². The van der Waals surface area contributed by atoms with Gasteiger partial charge in [-0.1, -0.05) is 0 Å². The molecular weight excluding hydrogens is 234 g/mol. The third-order valence-corrected chi connectivity index (χ3v) is 3.68. The molecule has 0 radical (unpaired) electrons. The fourth-order valence-corrected chi connectivity index (χ4v) is 2.14. The fourth-order valence-electron chi connectivity index (χ4n) is 2.14. The van der Waals surface area contributed by atoms with Gasteiger partial charge >= 0.3 is 0 Å². The number of hydrogen-bond donors (Lipinski definition) is 3. The van der Waals surface area contributed by atoms with Gasteiger partial charge in [-0.25, -0.2) is 0 Å². The monoisotopic (exact) mass is 251 g/mol. The fraction of sp³-hybridized carbons (Fsp3) is 0.538. The van der Waals surface area contributed by atoms with Crippen LogP contribution in [-0.2, 0) is 6.54 Å². The predicted octanol–water partition coefficient (Wildman–Crippen LogP) is 0.983. The normalized spacial score (nSPS) is 18.9. The van der Waals surface area contributed by atoms with Crippen LogP contribution < -0.4 is 14.8 Å². The minimum Gasteiger partial charge on any atom is -0.507 e. The topological polar surface area (TPSA) is 71.0 Å². The van der Waals surface area contributed by atoms with E-state index in [2.05, 4.69) is 5.32 Å². The molecular formula is C13H17NO4. The van der Waals surface area contributed by atoms with Crippen LogP contribution in [0.2, 0.25) is 0 Å². The lowest BCUT2D eigenvalue weighted by Crippen LogP contribution is -2.26. The minimum absolute atomic E-state index is 0.0754. The van der Waals surface area contributed by atoms with Crippen molar-refractivity contribution >= 4 is 0 Å². The third kappa shape index (κ3) is 2.11. The van der Waals surface area contributed by atoms with Gasteiger partial charge in [0.1, 0.15) is 5.75 Å². The summed E-state index contributed by atoms with van der Waals surface area (Å²) in [5.41, 5.74) is 0.861. The average Bonchev–Trinajstić information content (AvgIpc) is 3.01. The molecule has 1 aliphatic heterocycles. The zero-order valence-corrected chi connectivity index (χ0v) is 10.1. The van der Waals surface area contributed by atoms with Crippen molar-refractivity contribution in [3.05, 3.63) is 17.7 Å². The number of hydrogen-bond acceptors (Lipinski definition) is 5. The van der Waals surface area contributed by atoms with Gasteiger partial charge in [0, 0.05) is 36.7 Å². The van der Waals surface area contributed by atoms with E-state index in [-0.39, 0.29) is 24.6 Å². The third-order valence-electron chi connectivity index (χ3n) is 3.68. The van der Waals surface area contributed by atoms with Crippen LogP contribution in [-0.4, -0.2) is 30.2 Å². The number of aliphatic hydroxyl groups is 1. The van der Waals surface area contributed by atoms with Gasteiger partial charge in [0.25, 0.3) is 0 Å². The Balaban J connectivity index is 1.62. The molecule has 3 rings (SSSR count). The number of benzene rings is 1. The number of phenolic OH excluding ortho intramolecular Hbond substituents is 1. The van der Waals surface area contributed by atoms with Gasteiger partial charge in [-0.05, 0) is 18.9 Å². The van der Waals surface area contributed by atoms with Gasteiger partial charge in [0.05, 0.1) is 0 Å². The Kier molecular flexibility index (Phi) is 2.80. The highest BCUT2D eigenvalue weighted by atomic mass is 16.7. The summed E-state index contributed by atoms with van der Waals surface area (Å²) < 4.78 is 10.5. The van der Waals surface area contributed by atoms with Gasteiger partial charge in [-0.15, -0.1) is 0 Å². The molecule has 5 nitrogen and oxygen atoms in total. The quantitative estimate of drug-likeness (QED) is 0.727. The maximum absolute atomic E-state index is 9.85. The molecule has 1 aliphatic carbocycles. The molecule has 0 amide bonds. The van der Waals surface area contributed by atoms with Crippen molar-refractivity contribution < 1.29 is 19.7 Å². The molecule has 98 valence electrons. The summed E-state index contributed by atoms with van der Waals surface area (Å²) in [6.07, 6.45) is 2.15. The highest BCUT2D eigenvalue weighted by Gasteiger charge is 2.41. The first-order valence-corrected chi connectivity index (χ1v) is 6.16. The summed E-state index contributed by atoms with van der Waals surface area (Å²) >= 11 is 0. The van der Waals surface area contributed by atoms with Gasteiger partial charge in [0.15, 0.2) is 11.5 Å². The maximum Gasteiger partial charge on any atom is 0.231 e. The summed E-state index contributed by atoms with van der Waals surface area (Å²) in [5.74, 6) is 1.47. The molecule has 5 heteroatoms. The van der Waals surface area contributed by atoms with Crippen molar-refractivity contribution in [2.45, 2.75) is 19.4 Å². The Labute approximate surface area is 105 Å². The van der Waals surface area contributed by atoms with Crippen LogP contribution >= 0.6 is 0 Å². The Bertz CT molecular complexity index is 457. The zero-order chi connectivity index (χ0) is 12.6. The van der Waals surface area contributed by atoms with Crippen LogP contribution in [0.15, 0.2) is 12.1 Å². The van der Waals surface area contributed by atoms with E-state index in [1.165, 1.54) is 0 Å². The Morgan fingerprint density at radius 1 is 1.22 bits per heavy atom. The predicted molar refractivity (Wildman–Crippen MR) is 64.7 cm³/mol. The largest absolute Gasteiger partial charge is 0.507 e. The zero-order valence-electron chi connectivity index (χ0n) is 10.1. The van der Waals surface area contributed by atoms with Crippen LogP contribution in [0.25, 0.3) is 0 Å². The first-order chi connectivity index (χ1) is 8.72. The molecule has 1 heterocycles. The number of rotatable bonds is 5. The summed E-state index contributed by atoms with van der Waals surface area (Å²) in [7, 11) is 0. The van der Waals surface area contributed by atoms with Crippen LogP contribution in [0.5, 0.6) is 17.2 Å². The number of aromatic hydroxyl groups is 1. The van der Waals surface area contributed by atoms with Gasteiger partial charge < -0.3 is 25.0 Å². The second kappa shape index (κ2) is 4.33. The van der Waals surface area contributed by atoms with Crippen molar-refractivity contribution in [3.8, 4) is 17.2 Å². The van der Waals surface area contributed by atoms with E-state index in [4.69, 9.17) is 9.47 Å². The second-order valence-corrected chi connectivity index (χ2v) is 5.10. The smallest absolute Gasteiger partial charge is 0.231 e. The second-order valence-electron chi connectivity index (χ2n) is 5.10. The molecule has 0 spiro atoms. The van der Waals surface area contributed by atoms with Crippen molar-refractivity contribution in [1.82, 2.24) is 5.32 Å². The lowest BCUT2D eigenvalue weighted by Gasteiger charge is -2.13. The standard InChI is InChI=1S/C13H17NO4/c15-7-13(1-2-13)6-14-5-9-3-11-12(4-10(9)16)18-8-17-11/h3-4,14-16H,1-2,5-8H2. The van der Waals surface area contributed by atoms with E-state index in [0.717, 1.165) is 24.9 Å². The first kappa shape index (κ1) is 11.6. The molecule has 0 aromatic heterocycles. The number of ether oxygens (including phenoxy) is 2. The Hall–Kier alpha value is -1.46. The van der Waals surface area contributed by atoms with E-state index in [9.17, 15) is 10.2 Å². The van der Waals surface area contributed by atoms with Gasteiger partial charge in [-0.2, -0.15) is 0 Å². The molecule has 0 atom stereocenters. The Morgan fingerprint density at radius 2 is 1.94 bits per heavy atom. The minimum atomic E-state index is 0.0754. The molecule has 1 fully saturated rings. The van der Waals surface area contributed by atoms with Crippen molar-refractivity contribution in [2.75, 3.05) is 19.9 Å². The summed E-state index contributed by atoms with van der Waals surface area (Å²) in [4.78, 5) is 0. The van der Waals surface area contributed by atoms with E-state index < -0.39 is 0 Å². The summed E-state index contributed by atoms with van der Waals surface area (Å²) in [6, 6.07) is 3.38.